The van der Waals surface area contributed by atoms with E-state index in [-0.39, 0.29) is 6.04 Å². The molecule has 1 N–H and O–H groups in total. The van der Waals surface area contributed by atoms with Crippen LogP contribution in [-0.4, -0.2) is 44.5 Å². The molecule has 0 bridgehead atoms. The molecule has 2 aliphatic rings. The standard InChI is InChI=1S/C20H28N4O2/c1-14-21-22-19(24(14)16-8-9-16)13-23-12-4-5-18(23)20(2,25)15-6-10-17(26-3)11-7-15/h6-7,10-11,16,18,25H,4-5,8-9,12-13H2,1-3H3/t18-,20-/m0/s1. The van der Waals surface area contributed by atoms with Gasteiger partial charge in [0.25, 0.3) is 0 Å². The van der Waals surface area contributed by atoms with Crippen molar-refractivity contribution in [1.29, 1.82) is 0 Å². The first-order chi connectivity index (χ1) is 12.5. The van der Waals surface area contributed by atoms with Gasteiger partial charge >= 0.3 is 0 Å². The predicted octanol–water partition coefficient (Wildman–Crippen LogP) is 2.80. The van der Waals surface area contributed by atoms with Crippen molar-refractivity contribution in [2.24, 2.45) is 0 Å². The Morgan fingerprint density at radius 1 is 1.19 bits per heavy atom. The van der Waals surface area contributed by atoms with E-state index in [1.54, 1.807) is 7.11 Å². The van der Waals surface area contributed by atoms with Gasteiger partial charge in [0.2, 0.25) is 0 Å². The average molecular weight is 356 g/mol. The van der Waals surface area contributed by atoms with E-state index >= 15 is 0 Å². The number of benzene rings is 1. The molecule has 6 nitrogen and oxygen atoms in total. The largest absolute Gasteiger partial charge is 0.497 e. The molecule has 1 aromatic carbocycles. The van der Waals surface area contributed by atoms with Crippen LogP contribution in [0.5, 0.6) is 5.75 Å². The van der Waals surface area contributed by atoms with Crippen molar-refractivity contribution in [3.8, 4) is 5.75 Å². The normalized spacial score (nSPS) is 23.2. The summed E-state index contributed by atoms with van der Waals surface area (Å²) in [6.45, 7) is 5.68. The number of rotatable bonds is 6. The molecule has 4 rings (SSSR count). The van der Waals surface area contributed by atoms with Crippen molar-refractivity contribution >= 4 is 0 Å². The summed E-state index contributed by atoms with van der Waals surface area (Å²) in [6.07, 6.45) is 4.51. The van der Waals surface area contributed by atoms with Gasteiger partial charge in [0.15, 0.2) is 0 Å². The zero-order valence-electron chi connectivity index (χ0n) is 15.9. The van der Waals surface area contributed by atoms with E-state index in [1.807, 2.05) is 38.1 Å². The lowest BCUT2D eigenvalue weighted by Gasteiger charge is -2.37. The highest BCUT2D eigenvalue weighted by Gasteiger charge is 2.41. The zero-order chi connectivity index (χ0) is 18.3. The van der Waals surface area contributed by atoms with Crippen LogP contribution in [0.3, 0.4) is 0 Å². The van der Waals surface area contributed by atoms with Gasteiger partial charge in [-0.1, -0.05) is 12.1 Å². The lowest BCUT2D eigenvalue weighted by molar-refractivity contribution is -0.0264. The molecule has 0 radical (unpaired) electrons. The van der Waals surface area contributed by atoms with Crippen molar-refractivity contribution in [3.05, 3.63) is 41.5 Å². The molecule has 1 aromatic heterocycles. The van der Waals surface area contributed by atoms with Crippen LogP contribution < -0.4 is 4.74 Å². The highest BCUT2D eigenvalue weighted by molar-refractivity contribution is 5.31. The summed E-state index contributed by atoms with van der Waals surface area (Å²) >= 11 is 0. The molecule has 2 aromatic rings. The number of aliphatic hydroxyl groups is 1. The Morgan fingerprint density at radius 2 is 1.92 bits per heavy atom. The molecule has 2 fully saturated rings. The second-order valence-corrected chi connectivity index (χ2v) is 7.77. The molecule has 140 valence electrons. The van der Waals surface area contributed by atoms with Crippen molar-refractivity contribution in [3.63, 3.8) is 0 Å². The smallest absolute Gasteiger partial charge is 0.147 e. The van der Waals surface area contributed by atoms with Gasteiger partial charge in [-0.15, -0.1) is 10.2 Å². The third-order valence-corrected chi connectivity index (χ3v) is 5.88. The van der Waals surface area contributed by atoms with E-state index in [0.717, 1.165) is 48.9 Å². The molecule has 0 unspecified atom stereocenters. The Balaban J connectivity index is 1.55. The summed E-state index contributed by atoms with van der Waals surface area (Å²) < 4.78 is 7.53. The van der Waals surface area contributed by atoms with Crippen molar-refractivity contribution in [2.75, 3.05) is 13.7 Å². The average Bonchev–Trinajstić information content (AvgIpc) is 3.24. The molecule has 6 heteroatoms. The minimum absolute atomic E-state index is 0.0700. The predicted molar refractivity (Wildman–Crippen MR) is 99.0 cm³/mol. The Bertz CT molecular complexity index is 765. The first kappa shape index (κ1) is 17.5. The Hall–Kier alpha value is -1.92. The number of methoxy groups -OCH3 is 1. The molecule has 0 spiro atoms. The number of ether oxygens (including phenoxy) is 1. The van der Waals surface area contributed by atoms with Gasteiger partial charge in [-0.3, -0.25) is 4.90 Å². The number of aryl methyl sites for hydroxylation is 1. The molecular formula is C20H28N4O2. The zero-order valence-corrected chi connectivity index (χ0v) is 15.9. The first-order valence-electron chi connectivity index (χ1n) is 9.52. The van der Waals surface area contributed by atoms with Crippen LogP contribution in [0, 0.1) is 6.92 Å². The molecule has 1 saturated heterocycles. The highest BCUT2D eigenvalue weighted by Crippen LogP contribution is 2.39. The Kier molecular flexibility index (Phi) is 4.49. The second kappa shape index (κ2) is 6.67. The maximum absolute atomic E-state index is 11.4. The topological polar surface area (TPSA) is 63.4 Å². The van der Waals surface area contributed by atoms with E-state index in [9.17, 15) is 5.11 Å². The van der Waals surface area contributed by atoms with Crippen molar-refractivity contribution in [2.45, 2.75) is 63.8 Å². The van der Waals surface area contributed by atoms with E-state index in [2.05, 4.69) is 19.7 Å². The molecule has 2 heterocycles. The first-order valence-corrected chi connectivity index (χ1v) is 9.52. The van der Waals surface area contributed by atoms with Crippen molar-refractivity contribution < 1.29 is 9.84 Å². The van der Waals surface area contributed by atoms with E-state index in [4.69, 9.17) is 4.74 Å². The van der Waals surface area contributed by atoms with Crippen LogP contribution in [0.15, 0.2) is 24.3 Å². The van der Waals surface area contributed by atoms with Crippen LogP contribution in [0.2, 0.25) is 0 Å². The molecular weight excluding hydrogens is 328 g/mol. The molecule has 1 aliphatic heterocycles. The minimum atomic E-state index is -0.914. The molecule has 2 atom stereocenters. The van der Waals surface area contributed by atoms with E-state index in [0.29, 0.717) is 6.04 Å². The number of aromatic nitrogens is 3. The number of nitrogens with zero attached hydrogens (tertiary/aromatic N) is 4. The van der Waals surface area contributed by atoms with Crippen LogP contribution in [0.25, 0.3) is 0 Å². The van der Waals surface area contributed by atoms with Gasteiger partial charge in [-0.05, 0) is 63.8 Å². The van der Waals surface area contributed by atoms with Gasteiger partial charge in [0.05, 0.1) is 13.7 Å². The molecule has 26 heavy (non-hydrogen) atoms. The fourth-order valence-corrected chi connectivity index (χ4v) is 4.28. The fourth-order valence-electron chi connectivity index (χ4n) is 4.28. The highest BCUT2D eigenvalue weighted by atomic mass is 16.5. The van der Waals surface area contributed by atoms with E-state index < -0.39 is 5.60 Å². The Morgan fingerprint density at radius 3 is 2.58 bits per heavy atom. The van der Waals surface area contributed by atoms with Crippen LogP contribution in [0.4, 0.5) is 0 Å². The van der Waals surface area contributed by atoms with Gasteiger partial charge in [-0.25, -0.2) is 0 Å². The molecule has 1 aliphatic carbocycles. The summed E-state index contributed by atoms with van der Waals surface area (Å²) in [5.74, 6) is 2.84. The third kappa shape index (κ3) is 3.12. The monoisotopic (exact) mass is 356 g/mol. The summed E-state index contributed by atoms with van der Waals surface area (Å²) in [5, 5.41) is 20.1. The quantitative estimate of drug-likeness (QED) is 0.862. The van der Waals surface area contributed by atoms with Crippen molar-refractivity contribution in [1.82, 2.24) is 19.7 Å². The molecule has 1 saturated carbocycles. The van der Waals surface area contributed by atoms with Crippen LogP contribution >= 0.6 is 0 Å². The Labute approximate surface area is 154 Å². The van der Waals surface area contributed by atoms with E-state index in [1.165, 1.54) is 12.8 Å². The van der Waals surface area contributed by atoms with Crippen LogP contribution in [0.1, 0.15) is 55.9 Å². The molecule has 0 amide bonds. The van der Waals surface area contributed by atoms with Gasteiger partial charge in [-0.2, -0.15) is 0 Å². The summed E-state index contributed by atoms with van der Waals surface area (Å²) in [7, 11) is 1.66. The summed E-state index contributed by atoms with van der Waals surface area (Å²) in [5.41, 5.74) is 0.0115. The maximum Gasteiger partial charge on any atom is 0.147 e. The SMILES string of the molecule is COc1ccc([C@](C)(O)[C@@H]2CCCN2Cc2nnc(C)n2C2CC2)cc1. The number of hydrogen-bond donors (Lipinski definition) is 1. The summed E-state index contributed by atoms with van der Waals surface area (Å²) in [6, 6.07) is 8.40. The summed E-state index contributed by atoms with van der Waals surface area (Å²) in [4.78, 5) is 2.37. The lowest BCUT2D eigenvalue weighted by atomic mass is 9.86. The lowest BCUT2D eigenvalue weighted by Crippen LogP contribution is -2.45. The van der Waals surface area contributed by atoms with Gasteiger partial charge in [0.1, 0.15) is 23.0 Å². The van der Waals surface area contributed by atoms with Crippen LogP contribution in [-0.2, 0) is 12.1 Å². The second-order valence-electron chi connectivity index (χ2n) is 7.77. The number of likely N-dealkylation sites (tertiary alicyclic amines) is 1. The maximum atomic E-state index is 11.4. The van der Waals surface area contributed by atoms with Gasteiger partial charge < -0.3 is 14.4 Å². The third-order valence-electron chi connectivity index (χ3n) is 5.88. The minimum Gasteiger partial charge on any atom is -0.497 e. The van der Waals surface area contributed by atoms with Gasteiger partial charge in [0, 0.05) is 12.1 Å². The fraction of sp³-hybridized carbons (Fsp3) is 0.600. The number of hydrogen-bond acceptors (Lipinski definition) is 5.